The van der Waals surface area contributed by atoms with Gasteiger partial charge in [0.2, 0.25) is 0 Å². The lowest BCUT2D eigenvalue weighted by molar-refractivity contribution is 0.303. The zero-order valence-electron chi connectivity index (χ0n) is 12.7. The first-order valence-electron chi connectivity index (χ1n) is 8.29. The van der Waals surface area contributed by atoms with Gasteiger partial charge in [0.1, 0.15) is 5.75 Å². The van der Waals surface area contributed by atoms with Crippen molar-refractivity contribution in [2.75, 3.05) is 13.2 Å². The van der Waals surface area contributed by atoms with Crippen molar-refractivity contribution < 1.29 is 4.74 Å². The lowest BCUT2D eigenvalue weighted by Crippen LogP contribution is -2.29. The summed E-state index contributed by atoms with van der Waals surface area (Å²) in [5.41, 5.74) is 1.87. The Morgan fingerprint density at radius 3 is 3.20 bits per heavy atom. The molecule has 3 rings (SSSR count). The van der Waals surface area contributed by atoms with E-state index in [1.165, 1.54) is 44.1 Å². The molecule has 2 heteroatoms. The second-order valence-electron chi connectivity index (χ2n) is 6.54. The molecule has 2 nitrogen and oxygen atoms in total. The zero-order valence-corrected chi connectivity index (χ0v) is 12.7. The quantitative estimate of drug-likeness (QED) is 0.790. The Bertz CT molecular complexity index is 441. The number of ether oxygens (including phenoxy) is 1. The van der Waals surface area contributed by atoms with Gasteiger partial charge in [0.25, 0.3) is 0 Å². The van der Waals surface area contributed by atoms with Crippen LogP contribution < -0.4 is 10.1 Å². The van der Waals surface area contributed by atoms with E-state index in [4.69, 9.17) is 4.74 Å². The van der Waals surface area contributed by atoms with Gasteiger partial charge in [-0.15, -0.1) is 0 Å². The van der Waals surface area contributed by atoms with Crippen LogP contribution in [0, 0.1) is 0 Å². The number of fused-ring (bicyclic) bond motifs is 2. The molecule has 2 fully saturated rings. The van der Waals surface area contributed by atoms with Gasteiger partial charge in [0, 0.05) is 18.0 Å². The van der Waals surface area contributed by atoms with Crippen LogP contribution in [0.2, 0.25) is 0 Å². The van der Waals surface area contributed by atoms with Crippen LogP contribution in [0.3, 0.4) is 0 Å². The van der Waals surface area contributed by atoms with Crippen LogP contribution in [-0.4, -0.2) is 19.2 Å². The van der Waals surface area contributed by atoms with Crippen molar-refractivity contribution in [2.24, 2.45) is 0 Å². The topological polar surface area (TPSA) is 21.3 Å². The molecule has 2 unspecified atom stereocenters. The Morgan fingerprint density at radius 2 is 2.30 bits per heavy atom. The fraction of sp³-hybridized carbons (Fsp3) is 0.667. The van der Waals surface area contributed by atoms with Crippen LogP contribution in [-0.2, 0) is 5.41 Å². The number of nitrogens with one attached hydrogen (secondary N) is 1. The van der Waals surface area contributed by atoms with Crippen molar-refractivity contribution in [3.05, 3.63) is 29.8 Å². The third kappa shape index (κ3) is 2.85. The van der Waals surface area contributed by atoms with Crippen LogP contribution in [0.1, 0.15) is 57.4 Å². The Kier molecular flexibility index (Phi) is 4.30. The van der Waals surface area contributed by atoms with Crippen molar-refractivity contribution in [3.8, 4) is 5.75 Å². The van der Waals surface area contributed by atoms with E-state index in [9.17, 15) is 0 Å². The van der Waals surface area contributed by atoms with Crippen LogP contribution in [0.5, 0.6) is 5.75 Å². The Balaban J connectivity index is 1.68. The van der Waals surface area contributed by atoms with Crippen molar-refractivity contribution in [3.63, 3.8) is 0 Å². The third-order valence-corrected chi connectivity index (χ3v) is 5.04. The first-order valence-corrected chi connectivity index (χ1v) is 8.29. The summed E-state index contributed by atoms with van der Waals surface area (Å²) >= 11 is 0. The molecule has 2 atom stereocenters. The molecule has 0 spiro atoms. The van der Waals surface area contributed by atoms with Crippen LogP contribution in [0.25, 0.3) is 0 Å². The van der Waals surface area contributed by atoms with Crippen molar-refractivity contribution >= 4 is 0 Å². The van der Waals surface area contributed by atoms with Gasteiger partial charge in [-0.2, -0.15) is 0 Å². The predicted molar refractivity (Wildman–Crippen MR) is 83.4 cm³/mol. The molecule has 0 radical (unpaired) electrons. The molecular weight excluding hydrogens is 246 g/mol. The molecule has 1 saturated carbocycles. The van der Waals surface area contributed by atoms with Crippen molar-refractivity contribution in [2.45, 2.75) is 63.3 Å². The maximum Gasteiger partial charge on any atom is 0.119 e. The fourth-order valence-corrected chi connectivity index (χ4v) is 3.86. The minimum absolute atomic E-state index is 0.381. The lowest BCUT2D eigenvalue weighted by Gasteiger charge is -2.32. The lowest BCUT2D eigenvalue weighted by atomic mass is 9.71. The summed E-state index contributed by atoms with van der Waals surface area (Å²) in [7, 11) is 0. The normalized spacial score (nSPS) is 28.6. The SMILES string of the molecule is CCCCCOc1cccc(C23CCCC(C2)NC3)c1. The number of rotatable bonds is 6. The third-order valence-electron chi connectivity index (χ3n) is 5.04. The van der Waals surface area contributed by atoms with E-state index in [0.717, 1.165) is 31.4 Å². The minimum atomic E-state index is 0.381. The molecular formula is C18H27NO. The Labute approximate surface area is 122 Å². The summed E-state index contributed by atoms with van der Waals surface area (Å²) < 4.78 is 5.92. The monoisotopic (exact) mass is 273 g/mol. The molecule has 1 N–H and O–H groups in total. The van der Waals surface area contributed by atoms with Crippen LogP contribution >= 0.6 is 0 Å². The summed E-state index contributed by atoms with van der Waals surface area (Å²) in [4.78, 5) is 0. The number of benzene rings is 1. The van der Waals surface area contributed by atoms with Gasteiger partial charge in [0.05, 0.1) is 6.61 Å². The van der Waals surface area contributed by atoms with Crippen molar-refractivity contribution in [1.29, 1.82) is 0 Å². The van der Waals surface area contributed by atoms with Gasteiger partial charge in [-0.25, -0.2) is 0 Å². The largest absolute Gasteiger partial charge is 0.494 e. The van der Waals surface area contributed by atoms with E-state index >= 15 is 0 Å². The molecule has 1 heterocycles. The first-order chi connectivity index (χ1) is 9.82. The standard InChI is InChI=1S/C18H27NO/c1-2-3-4-11-20-17-9-5-7-15(12-17)18-10-6-8-16(13-18)19-14-18/h5,7,9,12,16,19H,2-4,6,8,10-11,13-14H2,1H3. The molecule has 110 valence electrons. The molecule has 20 heavy (non-hydrogen) atoms. The van der Waals surface area contributed by atoms with Crippen LogP contribution in [0.4, 0.5) is 0 Å². The van der Waals surface area contributed by atoms with E-state index in [1.54, 1.807) is 0 Å². The highest BCUT2D eigenvalue weighted by Crippen LogP contribution is 2.43. The first kappa shape index (κ1) is 13.9. The highest BCUT2D eigenvalue weighted by Gasteiger charge is 2.42. The smallest absolute Gasteiger partial charge is 0.119 e. The Hall–Kier alpha value is -1.02. The van der Waals surface area contributed by atoms with E-state index in [2.05, 4.69) is 36.5 Å². The summed E-state index contributed by atoms with van der Waals surface area (Å²) in [6.07, 6.45) is 9.03. The van der Waals surface area contributed by atoms with Gasteiger partial charge < -0.3 is 10.1 Å². The van der Waals surface area contributed by atoms with Gasteiger partial charge in [-0.1, -0.05) is 38.3 Å². The van der Waals surface area contributed by atoms with E-state index in [1.807, 2.05) is 0 Å². The predicted octanol–water partition coefficient (Wildman–Crippen LogP) is 4.04. The highest BCUT2D eigenvalue weighted by molar-refractivity contribution is 5.36. The van der Waals surface area contributed by atoms with Crippen LogP contribution in [0.15, 0.2) is 24.3 Å². The van der Waals surface area contributed by atoms with E-state index in [0.29, 0.717) is 5.41 Å². The fourth-order valence-electron chi connectivity index (χ4n) is 3.86. The minimum Gasteiger partial charge on any atom is -0.494 e. The second kappa shape index (κ2) is 6.17. The molecule has 0 amide bonds. The Morgan fingerprint density at radius 1 is 1.35 bits per heavy atom. The maximum atomic E-state index is 5.92. The molecule has 1 aliphatic carbocycles. The van der Waals surface area contributed by atoms with Gasteiger partial charge in [-0.3, -0.25) is 0 Å². The average molecular weight is 273 g/mol. The zero-order chi connectivity index (χ0) is 13.8. The van der Waals surface area contributed by atoms with Crippen molar-refractivity contribution in [1.82, 2.24) is 5.32 Å². The summed E-state index contributed by atoms with van der Waals surface area (Å²) in [5.74, 6) is 1.06. The molecule has 2 aliphatic rings. The molecule has 1 aromatic carbocycles. The molecule has 2 bridgehead atoms. The summed E-state index contributed by atoms with van der Waals surface area (Å²) in [6.45, 7) is 4.23. The molecule has 1 aliphatic heterocycles. The van der Waals surface area contributed by atoms with Gasteiger partial charge in [0.15, 0.2) is 0 Å². The summed E-state index contributed by atoms with van der Waals surface area (Å²) in [5, 5.41) is 3.70. The number of unbranched alkanes of at least 4 members (excludes halogenated alkanes) is 2. The van der Waals surface area contributed by atoms with Gasteiger partial charge >= 0.3 is 0 Å². The molecule has 0 aromatic heterocycles. The second-order valence-corrected chi connectivity index (χ2v) is 6.54. The van der Waals surface area contributed by atoms with E-state index < -0.39 is 0 Å². The number of hydrogen-bond acceptors (Lipinski definition) is 2. The van der Waals surface area contributed by atoms with E-state index in [-0.39, 0.29) is 0 Å². The van der Waals surface area contributed by atoms with Gasteiger partial charge in [-0.05, 0) is 43.4 Å². The highest BCUT2D eigenvalue weighted by atomic mass is 16.5. The maximum absolute atomic E-state index is 5.92. The molecule has 1 saturated heterocycles. The summed E-state index contributed by atoms with van der Waals surface area (Å²) in [6, 6.07) is 9.61. The average Bonchev–Trinajstić information content (AvgIpc) is 2.80. The molecule has 1 aromatic rings. The number of hydrogen-bond donors (Lipinski definition) is 1.